The standard InChI is InChI=1S/C3H6O.3C2H4O2.Fe/c1-3(2)4;3*1-2(3)4;/h1-2H3;3*1H3,(H,3,4);/q;;;;+3/p-3. The minimum Gasteiger partial charge on any atom is -0.550 e. The Morgan fingerprint density at radius 3 is 0.588 bits per heavy atom. The van der Waals surface area contributed by atoms with Crippen molar-refractivity contribution in [1.82, 2.24) is 0 Å². The van der Waals surface area contributed by atoms with Gasteiger partial charge in [0.2, 0.25) is 0 Å². The molecule has 17 heavy (non-hydrogen) atoms. The molecule has 101 valence electrons. The van der Waals surface area contributed by atoms with Gasteiger partial charge in [-0.1, -0.05) is 0 Å². The third kappa shape index (κ3) is 1180. The van der Waals surface area contributed by atoms with Crippen LogP contribution in [0.15, 0.2) is 0 Å². The predicted molar refractivity (Wildman–Crippen MR) is 48.4 cm³/mol. The quantitative estimate of drug-likeness (QED) is 0.430. The van der Waals surface area contributed by atoms with Crippen LogP contribution in [0.1, 0.15) is 34.6 Å². The van der Waals surface area contributed by atoms with Crippen LogP contribution in [-0.4, -0.2) is 23.7 Å². The molecule has 0 aliphatic heterocycles. The molecule has 0 unspecified atom stereocenters. The van der Waals surface area contributed by atoms with E-state index in [9.17, 15) is 4.79 Å². The number of carboxylic acids is 3. The summed E-state index contributed by atoms with van der Waals surface area (Å²) in [6, 6.07) is 0. The maximum atomic E-state index is 9.44. The first-order chi connectivity index (χ1) is 6.93. The van der Waals surface area contributed by atoms with Crippen molar-refractivity contribution in [3.8, 4) is 0 Å². The summed E-state index contributed by atoms with van der Waals surface area (Å²) in [5.74, 6) is -3.08. The van der Waals surface area contributed by atoms with E-state index in [1.54, 1.807) is 0 Å². The van der Waals surface area contributed by atoms with Gasteiger partial charge in [-0.15, -0.1) is 0 Å². The van der Waals surface area contributed by atoms with E-state index in [1.807, 2.05) is 0 Å². The zero-order valence-electron chi connectivity index (χ0n) is 10.2. The number of aliphatic carboxylic acids is 3. The van der Waals surface area contributed by atoms with Gasteiger partial charge in [-0.05, 0) is 34.6 Å². The molecule has 0 saturated carbocycles. The van der Waals surface area contributed by atoms with Gasteiger partial charge in [0.1, 0.15) is 5.78 Å². The molecule has 0 N–H and O–H groups in total. The number of ketones is 1. The fourth-order valence-corrected chi connectivity index (χ4v) is 0. The Labute approximate surface area is 110 Å². The second kappa shape index (κ2) is 24.0. The second-order valence-electron chi connectivity index (χ2n) is 2.38. The Bertz CT molecular complexity index is 161. The first kappa shape index (κ1) is 29.6. The van der Waals surface area contributed by atoms with Gasteiger partial charge in [0.15, 0.2) is 0 Å². The maximum Gasteiger partial charge on any atom is 3.00 e. The molecule has 0 aliphatic carbocycles. The molecule has 0 atom stereocenters. The molecular formula is C9H15FeO7. The minimum atomic E-state index is -1.08. The molecule has 8 heteroatoms. The average Bonchev–Trinajstić information content (AvgIpc) is 1.76. The van der Waals surface area contributed by atoms with Crippen LogP contribution in [0.5, 0.6) is 0 Å². The van der Waals surface area contributed by atoms with Crippen LogP contribution >= 0.6 is 0 Å². The van der Waals surface area contributed by atoms with Crippen molar-refractivity contribution < 1.29 is 51.6 Å². The maximum absolute atomic E-state index is 9.44. The number of hydrogen-bond donors (Lipinski definition) is 0. The Balaban J connectivity index is -0.0000000369. The first-order valence-electron chi connectivity index (χ1n) is 3.93. The molecule has 0 fully saturated rings. The van der Waals surface area contributed by atoms with Gasteiger partial charge in [0.25, 0.3) is 0 Å². The normalized spacial score (nSPS) is 5.94. The smallest absolute Gasteiger partial charge is 0.550 e. The number of Topliss-reactive ketones (excluding diaryl/α,β-unsaturated/α-hetero) is 1. The van der Waals surface area contributed by atoms with Gasteiger partial charge in [-0.2, -0.15) is 0 Å². The summed E-state index contributed by atoms with van der Waals surface area (Å²) in [7, 11) is 0. The summed E-state index contributed by atoms with van der Waals surface area (Å²) in [6.45, 7) is 5.97. The molecular weight excluding hydrogens is 276 g/mol. The van der Waals surface area contributed by atoms with E-state index in [0.717, 1.165) is 20.8 Å². The number of carbonyl (C=O) groups excluding carboxylic acids is 4. The van der Waals surface area contributed by atoms with Crippen LogP contribution in [0, 0.1) is 0 Å². The van der Waals surface area contributed by atoms with E-state index in [2.05, 4.69) is 0 Å². The molecule has 0 bridgehead atoms. The number of hydrogen-bond acceptors (Lipinski definition) is 7. The van der Waals surface area contributed by atoms with E-state index < -0.39 is 17.9 Å². The Hall–Kier alpha value is -1.40. The number of carbonyl (C=O) groups is 4. The average molecular weight is 291 g/mol. The van der Waals surface area contributed by atoms with Gasteiger partial charge < -0.3 is 34.5 Å². The SMILES string of the molecule is CC(=O)[O-].CC(=O)[O-].CC(=O)[O-].CC(C)=O.[Fe+3]. The third-order valence-corrected chi connectivity index (χ3v) is 0. The van der Waals surface area contributed by atoms with Crippen molar-refractivity contribution >= 4 is 23.7 Å². The fraction of sp³-hybridized carbons (Fsp3) is 0.556. The molecule has 0 aliphatic rings. The van der Waals surface area contributed by atoms with Gasteiger partial charge >= 0.3 is 17.1 Å². The van der Waals surface area contributed by atoms with E-state index in [4.69, 9.17) is 29.7 Å². The van der Waals surface area contributed by atoms with Crippen LogP contribution in [0.2, 0.25) is 0 Å². The van der Waals surface area contributed by atoms with Crippen LogP contribution in [0.4, 0.5) is 0 Å². The molecule has 7 nitrogen and oxygen atoms in total. The van der Waals surface area contributed by atoms with Gasteiger partial charge in [0, 0.05) is 17.9 Å². The molecule has 0 aromatic rings. The van der Waals surface area contributed by atoms with Gasteiger partial charge in [0.05, 0.1) is 0 Å². The molecule has 0 aromatic heterocycles. The Morgan fingerprint density at radius 1 is 0.588 bits per heavy atom. The molecule has 0 rings (SSSR count). The topological polar surface area (TPSA) is 137 Å². The van der Waals surface area contributed by atoms with Gasteiger partial charge in [-0.3, -0.25) is 0 Å². The Morgan fingerprint density at radius 2 is 0.588 bits per heavy atom. The summed E-state index contributed by atoms with van der Waals surface area (Å²) >= 11 is 0. The molecule has 0 aromatic carbocycles. The summed E-state index contributed by atoms with van der Waals surface area (Å²) < 4.78 is 0. The summed E-state index contributed by atoms with van der Waals surface area (Å²) in [6.07, 6.45) is 0. The predicted octanol–water partition coefficient (Wildman–Crippen LogP) is -3.14. The number of carboxylic acid groups (broad SMARTS) is 3. The minimum absolute atomic E-state index is 0. The van der Waals surface area contributed by atoms with Crippen molar-refractivity contribution in [1.29, 1.82) is 0 Å². The Kier molecular flexibility index (Phi) is 41.8. The van der Waals surface area contributed by atoms with Crippen LogP contribution in [-0.2, 0) is 36.2 Å². The summed E-state index contributed by atoms with van der Waals surface area (Å²) in [5.41, 5.74) is 0. The second-order valence-corrected chi connectivity index (χ2v) is 2.38. The van der Waals surface area contributed by atoms with Crippen molar-refractivity contribution in [3.05, 3.63) is 0 Å². The number of rotatable bonds is 0. The molecule has 1 radical (unpaired) electrons. The van der Waals surface area contributed by atoms with Crippen LogP contribution in [0.25, 0.3) is 0 Å². The molecule has 0 spiro atoms. The van der Waals surface area contributed by atoms with Crippen molar-refractivity contribution in [2.75, 3.05) is 0 Å². The third-order valence-electron chi connectivity index (χ3n) is 0. The van der Waals surface area contributed by atoms with Crippen molar-refractivity contribution in [2.24, 2.45) is 0 Å². The zero-order valence-corrected chi connectivity index (χ0v) is 11.3. The van der Waals surface area contributed by atoms with E-state index in [-0.39, 0.29) is 22.9 Å². The van der Waals surface area contributed by atoms with Gasteiger partial charge in [-0.25, -0.2) is 0 Å². The fourth-order valence-electron chi connectivity index (χ4n) is 0. The van der Waals surface area contributed by atoms with Crippen molar-refractivity contribution in [2.45, 2.75) is 34.6 Å². The van der Waals surface area contributed by atoms with E-state index in [1.165, 1.54) is 13.8 Å². The molecule has 0 heterocycles. The van der Waals surface area contributed by atoms with Crippen LogP contribution < -0.4 is 15.3 Å². The summed E-state index contributed by atoms with van der Waals surface area (Å²) in [4.78, 5) is 36.1. The monoisotopic (exact) mass is 291 g/mol. The largest absolute Gasteiger partial charge is 3.00 e. The van der Waals surface area contributed by atoms with Crippen LogP contribution in [0.3, 0.4) is 0 Å². The van der Waals surface area contributed by atoms with Crippen molar-refractivity contribution in [3.63, 3.8) is 0 Å². The molecule has 0 saturated heterocycles. The molecule has 0 amide bonds. The first-order valence-corrected chi connectivity index (χ1v) is 3.93. The summed E-state index contributed by atoms with van der Waals surface area (Å²) in [5, 5.41) is 26.7. The van der Waals surface area contributed by atoms with E-state index >= 15 is 0 Å². The zero-order chi connectivity index (χ0) is 14.3. The van der Waals surface area contributed by atoms with E-state index in [0.29, 0.717) is 0 Å².